The Bertz CT molecular complexity index is 1090. The first-order valence-corrected chi connectivity index (χ1v) is 9.06. The van der Waals surface area contributed by atoms with Crippen molar-refractivity contribution in [3.8, 4) is 11.5 Å². The van der Waals surface area contributed by atoms with E-state index in [1.54, 1.807) is 23.4 Å². The van der Waals surface area contributed by atoms with Crippen molar-refractivity contribution in [2.75, 3.05) is 14.2 Å². The SMILES string of the molecule is COc1ccc(OC)c(Sc2ccc3nnc(Cc4cnn(C)c4)n3n2)c1. The molecule has 0 N–H and O–H groups in total. The third kappa shape index (κ3) is 3.59. The highest BCUT2D eigenvalue weighted by atomic mass is 32.2. The van der Waals surface area contributed by atoms with Crippen molar-refractivity contribution in [1.29, 1.82) is 0 Å². The van der Waals surface area contributed by atoms with E-state index < -0.39 is 0 Å². The summed E-state index contributed by atoms with van der Waals surface area (Å²) in [7, 11) is 5.18. The van der Waals surface area contributed by atoms with Crippen LogP contribution in [0.3, 0.4) is 0 Å². The van der Waals surface area contributed by atoms with Gasteiger partial charge in [0.1, 0.15) is 16.5 Å². The zero-order valence-corrected chi connectivity index (χ0v) is 16.0. The third-order valence-electron chi connectivity index (χ3n) is 4.01. The number of hydrogen-bond acceptors (Lipinski definition) is 7. The molecule has 0 atom stereocenters. The summed E-state index contributed by atoms with van der Waals surface area (Å²) in [6.07, 6.45) is 4.39. The fourth-order valence-electron chi connectivity index (χ4n) is 2.70. The van der Waals surface area contributed by atoms with Gasteiger partial charge in [0.05, 0.1) is 25.3 Å². The number of fused-ring (bicyclic) bond motifs is 1. The molecular formula is C18H18N6O2S. The molecule has 0 unspecified atom stereocenters. The minimum Gasteiger partial charge on any atom is -0.497 e. The van der Waals surface area contributed by atoms with Crippen LogP contribution in [-0.2, 0) is 13.5 Å². The number of nitrogens with zero attached hydrogens (tertiary/aromatic N) is 6. The second-order valence-electron chi connectivity index (χ2n) is 5.88. The molecule has 138 valence electrons. The van der Waals surface area contributed by atoms with Crippen molar-refractivity contribution in [1.82, 2.24) is 29.6 Å². The quantitative estimate of drug-likeness (QED) is 0.507. The Morgan fingerprint density at radius 3 is 2.70 bits per heavy atom. The van der Waals surface area contributed by atoms with Gasteiger partial charge in [0.2, 0.25) is 0 Å². The second kappa shape index (κ2) is 7.28. The van der Waals surface area contributed by atoms with Crippen molar-refractivity contribution in [2.45, 2.75) is 16.3 Å². The van der Waals surface area contributed by atoms with E-state index in [0.29, 0.717) is 12.1 Å². The maximum absolute atomic E-state index is 5.45. The molecule has 0 amide bonds. The van der Waals surface area contributed by atoms with Gasteiger partial charge in [0.15, 0.2) is 11.5 Å². The molecular weight excluding hydrogens is 364 g/mol. The number of ether oxygens (including phenoxy) is 2. The largest absolute Gasteiger partial charge is 0.497 e. The number of methoxy groups -OCH3 is 2. The molecule has 9 heteroatoms. The number of rotatable bonds is 6. The average molecular weight is 382 g/mol. The molecule has 4 rings (SSSR count). The Labute approximate surface area is 160 Å². The molecule has 0 radical (unpaired) electrons. The maximum Gasteiger partial charge on any atom is 0.177 e. The summed E-state index contributed by atoms with van der Waals surface area (Å²) in [5, 5.41) is 18.2. The molecule has 0 aliphatic heterocycles. The van der Waals surface area contributed by atoms with Crippen LogP contribution >= 0.6 is 11.8 Å². The fourth-order valence-corrected chi connectivity index (χ4v) is 3.61. The Kier molecular flexibility index (Phi) is 4.68. The van der Waals surface area contributed by atoms with E-state index >= 15 is 0 Å². The highest BCUT2D eigenvalue weighted by Crippen LogP contribution is 2.36. The molecule has 0 saturated carbocycles. The van der Waals surface area contributed by atoms with E-state index in [1.807, 2.05) is 49.8 Å². The standard InChI is InChI=1S/C18H18N6O2S/c1-23-11-12(10-19-23)8-17-21-20-16-6-7-18(22-24(16)17)27-15-9-13(25-2)4-5-14(15)26-3/h4-7,9-11H,8H2,1-3H3. The van der Waals surface area contributed by atoms with Crippen LogP contribution in [0.4, 0.5) is 0 Å². The van der Waals surface area contributed by atoms with Gasteiger partial charge in [-0.2, -0.15) is 14.7 Å². The van der Waals surface area contributed by atoms with Gasteiger partial charge in [-0.05, 0) is 35.9 Å². The van der Waals surface area contributed by atoms with Crippen LogP contribution in [0.15, 0.2) is 52.6 Å². The Morgan fingerprint density at radius 1 is 1.07 bits per heavy atom. The highest BCUT2D eigenvalue weighted by molar-refractivity contribution is 7.99. The van der Waals surface area contributed by atoms with E-state index in [-0.39, 0.29) is 0 Å². The summed E-state index contributed by atoms with van der Waals surface area (Å²) in [6.45, 7) is 0. The molecule has 1 aromatic carbocycles. The van der Waals surface area contributed by atoms with Crippen LogP contribution in [0.1, 0.15) is 11.4 Å². The van der Waals surface area contributed by atoms with Gasteiger partial charge in [-0.3, -0.25) is 4.68 Å². The molecule has 0 aliphatic carbocycles. The zero-order valence-electron chi connectivity index (χ0n) is 15.2. The van der Waals surface area contributed by atoms with E-state index in [4.69, 9.17) is 14.6 Å². The second-order valence-corrected chi connectivity index (χ2v) is 6.94. The zero-order chi connectivity index (χ0) is 18.8. The van der Waals surface area contributed by atoms with Gasteiger partial charge < -0.3 is 9.47 Å². The molecule has 8 nitrogen and oxygen atoms in total. The number of benzene rings is 1. The van der Waals surface area contributed by atoms with Crippen LogP contribution in [0.5, 0.6) is 11.5 Å². The molecule has 0 aliphatic rings. The van der Waals surface area contributed by atoms with Gasteiger partial charge in [-0.1, -0.05) is 11.8 Å². The first-order valence-electron chi connectivity index (χ1n) is 8.25. The molecule has 0 fully saturated rings. The van der Waals surface area contributed by atoms with E-state index in [2.05, 4.69) is 15.3 Å². The topological polar surface area (TPSA) is 79.4 Å². The lowest BCUT2D eigenvalue weighted by Gasteiger charge is -2.09. The molecule has 0 saturated heterocycles. The molecule has 0 spiro atoms. The molecule has 27 heavy (non-hydrogen) atoms. The number of aromatic nitrogens is 6. The maximum atomic E-state index is 5.45. The summed E-state index contributed by atoms with van der Waals surface area (Å²) < 4.78 is 14.3. The predicted molar refractivity (Wildman–Crippen MR) is 100 cm³/mol. The Morgan fingerprint density at radius 2 is 1.96 bits per heavy atom. The molecule has 4 aromatic rings. The fraction of sp³-hybridized carbons (Fsp3) is 0.222. The van der Waals surface area contributed by atoms with Gasteiger partial charge in [-0.15, -0.1) is 10.2 Å². The normalized spacial score (nSPS) is 11.1. The van der Waals surface area contributed by atoms with Crippen molar-refractivity contribution >= 4 is 17.4 Å². The lowest BCUT2D eigenvalue weighted by atomic mass is 10.2. The van der Waals surface area contributed by atoms with Crippen molar-refractivity contribution in [3.63, 3.8) is 0 Å². The lowest BCUT2D eigenvalue weighted by molar-refractivity contribution is 0.394. The molecule has 3 heterocycles. The number of aryl methyl sites for hydroxylation is 1. The monoisotopic (exact) mass is 382 g/mol. The van der Waals surface area contributed by atoms with Crippen LogP contribution in [0.2, 0.25) is 0 Å². The van der Waals surface area contributed by atoms with E-state index in [1.165, 1.54) is 11.8 Å². The average Bonchev–Trinajstić information content (AvgIpc) is 3.28. The van der Waals surface area contributed by atoms with Gasteiger partial charge in [-0.25, -0.2) is 0 Å². The predicted octanol–water partition coefficient (Wildman–Crippen LogP) is 2.62. The summed E-state index contributed by atoms with van der Waals surface area (Å²) in [5.41, 5.74) is 1.76. The van der Waals surface area contributed by atoms with Gasteiger partial charge >= 0.3 is 0 Å². The summed E-state index contributed by atoms with van der Waals surface area (Å²) >= 11 is 1.50. The first kappa shape index (κ1) is 17.3. The van der Waals surface area contributed by atoms with Gasteiger partial charge in [0, 0.05) is 19.7 Å². The van der Waals surface area contributed by atoms with E-state index in [9.17, 15) is 0 Å². The van der Waals surface area contributed by atoms with Crippen molar-refractivity contribution < 1.29 is 9.47 Å². The van der Waals surface area contributed by atoms with Crippen LogP contribution < -0.4 is 9.47 Å². The minimum atomic E-state index is 0.610. The van der Waals surface area contributed by atoms with Crippen LogP contribution in [0, 0.1) is 0 Å². The molecule has 3 aromatic heterocycles. The number of hydrogen-bond donors (Lipinski definition) is 0. The van der Waals surface area contributed by atoms with Crippen molar-refractivity contribution in [3.05, 3.63) is 54.1 Å². The summed E-state index contributed by atoms with van der Waals surface area (Å²) in [4.78, 5) is 0.922. The smallest absolute Gasteiger partial charge is 0.177 e. The van der Waals surface area contributed by atoms with Crippen molar-refractivity contribution in [2.24, 2.45) is 7.05 Å². The highest BCUT2D eigenvalue weighted by Gasteiger charge is 2.12. The van der Waals surface area contributed by atoms with Crippen LogP contribution in [-0.4, -0.2) is 43.8 Å². The van der Waals surface area contributed by atoms with Crippen LogP contribution in [0.25, 0.3) is 5.65 Å². The minimum absolute atomic E-state index is 0.610. The summed E-state index contributed by atoms with van der Waals surface area (Å²) in [6, 6.07) is 9.50. The van der Waals surface area contributed by atoms with Gasteiger partial charge in [0.25, 0.3) is 0 Å². The summed E-state index contributed by atoms with van der Waals surface area (Å²) in [5.74, 6) is 2.29. The third-order valence-corrected chi connectivity index (χ3v) is 4.97. The Hall–Kier alpha value is -3.07. The first-order chi connectivity index (χ1) is 13.2. The molecule has 0 bridgehead atoms. The Balaban J connectivity index is 1.66. The lowest BCUT2D eigenvalue weighted by Crippen LogP contribution is -2.00. The van der Waals surface area contributed by atoms with E-state index in [0.717, 1.165) is 32.8 Å².